The third-order valence-corrected chi connectivity index (χ3v) is 9.96. The van der Waals surface area contributed by atoms with Gasteiger partial charge in [0.05, 0.1) is 55.4 Å². The Bertz CT molecular complexity index is 988. The highest BCUT2D eigenvalue weighted by atomic mass is 16.7. The third kappa shape index (κ3) is 7.65. The first kappa shape index (κ1) is 35.2. The molecule has 19 atom stereocenters. The van der Waals surface area contributed by atoms with Gasteiger partial charge in [-0.05, 0) is 51.4 Å². The van der Waals surface area contributed by atoms with E-state index in [-0.39, 0.29) is 25.2 Å². The predicted molar refractivity (Wildman–Crippen MR) is 147 cm³/mol. The summed E-state index contributed by atoms with van der Waals surface area (Å²) in [5.41, 5.74) is 0. The molecule has 16 nitrogen and oxygen atoms in total. The summed E-state index contributed by atoms with van der Waals surface area (Å²) in [6.45, 7) is 2.19. The van der Waals surface area contributed by atoms with Gasteiger partial charge in [-0.3, -0.25) is 4.79 Å². The zero-order chi connectivity index (χ0) is 32.7. The second-order valence-corrected chi connectivity index (χ2v) is 13.2. The molecule has 260 valence electrons. The zero-order valence-corrected chi connectivity index (χ0v) is 25.3. The topological polar surface area (TPSA) is 255 Å². The van der Waals surface area contributed by atoms with Gasteiger partial charge >= 0.3 is 5.97 Å². The number of ether oxygens (including phenoxy) is 6. The van der Waals surface area contributed by atoms with Crippen LogP contribution >= 0.6 is 0 Å². The maximum absolute atomic E-state index is 11.4. The summed E-state index contributed by atoms with van der Waals surface area (Å²) in [6.07, 6.45) is -18.1. The maximum atomic E-state index is 11.4. The molecule has 9 N–H and O–H groups in total. The summed E-state index contributed by atoms with van der Waals surface area (Å²) in [4.78, 5) is 11.4. The highest BCUT2D eigenvalue weighted by Gasteiger charge is 2.52. The van der Waals surface area contributed by atoms with E-state index in [2.05, 4.69) is 0 Å². The molecule has 16 heteroatoms. The van der Waals surface area contributed by atoms with Gasteiger partial charge in [0.25, 0.3) is 0 Å². The number of fused-ring (bicyclic) bond motifs is 1. The van der Waals surface area contributed by atoms with Crippen molar-refractivity contribution in [2.24, 2.45) is 11.8 Å². The Morgan fingerprint density at radius 3 is 2.13 bits per heavy atom. The summed E-state index contributed by atoms with van der Waals surface area (Å²) in [7, 11) is 0. The largest absolute Gasteiger partial charge is 0.457 e. The number of carbonyl (C=O) groups is 1. The Balaban J connectivity index is 1.27. The van der Waals surface area contributed by atoms with Crippen molar-refractivity contribution in [1.29, 1.82) is 0 Å². The van der Waals surface area contributed by atoms with Crippen LogP contribution in [0.25, 0.3) is 0 Å². The van der Waals surface area contributed by atoms with Crippen molar-refractivity contribution in [3.05, 3.63) is 0 Å². The number of aliphatic hydroxyl groups is 9. The molecule has 5 rings (SSSR count). The fourth-order valence-electron chi connectivity index (χ4n) is 7.43. The molecule has 0 amide bonds. The van der Waals surface area contributed by atoms with Crippen molar-refractivity contribution in [2.75, 3.05) is 6.61 Å². The number of hydrogen-bond donors (Lipinski definition) is 9. The number of hydrogen-bond acceptors (Lipinski definition) is 16. The van der Waals surface area contributed by atoms with E-state index >= 15 is 0 Å². The molecule has 0 bridgehead atoms. The highest BCUT2D eigenvalue weighted by molar-refractivity contribution is 5.66. The molecule has 0 spiro atoms. The molecule has 3 heterocycles. The second kappa shape index (κ2) is 14.6. The standard InChI is InChI=1S/C29H48O16/c1-10-26(42-11(2)30)23(37)25(39)28(41-10)40-9-20-21(35)22(36)24(38)29(45-20)44-19-8-14-16(33)6-13(31)7-18(14)43-27(19)12-3-4-15(32)17(34)5-12/h10,12-29,31-39H,3-9H2,1-2H3/t10-,12?,13?,14?,15?,16?,17?,18?,19?,20+,21+,22-,23-,24+,25+,26-,27?,28+,29+/m0/s1. The van der Waals surface area contributed by atoms with Crippen molar-refractivity contribution >= 4 is 5.97 Å². The van der Waals surface area contributed by atoms with E-state index in [1.54, 1.807) is 0 Å². The van der Waals surface area contributed by atoms with Crippen molar-refractivity contribution in [3.8, 4) is 0 Å². The lowest BCUT2D eigenvalue weighted by Gasteiger charge is -2.51. The monoisotopic (exact) mass is 652 g/mol. The minimum Gasteiger partial charge on any atom is -0.457 e. The summed E-state index contributed by atoms with van der Waals surface area (Å²) in [5, 5.41) is 94.7. The normalized spacial score (nSPS) is 52.6. The summed E-state index contributed by atoms with van der Waals surface area (Å²) >= 11 is 0. The quantitative estimate of drug-likeness (QED) is 0.120. The van der Waals surface area contributed by atoms with Crippen molar-refractivity contribution < 1.29 is 79.2 Å². The number of aliphatic hydroxyl groups excluding tert-OH is 9. The lowest BCUT2D eigenvalue weighted by Crippen LogP contribution is -2.63. The van der Waals surface area contributed by atoms with Crippen LogP contribution in [0.3, 0.4) is 0 Å². The lowest BCUT2D eigenvalue weighted by atomic mass is 9.72. The van der Waals surface area contributed by atoms with Crippen LogP contribution in [-0.2, 0) is 33.2 Å². The van der Waals surface area contributed by atoms with Crippen molar-refractivity contribution in [3.63, 3.8) is 0 Å². The van der Waals surface area contributed by atoms with Gasteiger partial charge in [-0.25, -0.2) is 0 Å². The molecule has 2 saturated carbocycles. The minimum atomic E-state index is -1.73. The van der Waals surface area contributed by atoms with Crippen LogP contribution in [-0.4, -0.2) is 163 Å². The molecule has 45 heavy (non-hydrogen) atoms. The summed E-state index contributed by atoms with van der Waals surface area (Å²) < 4.78 is 34.7. The van der Waals surface area contributed by atoms with Crippen LogP contribution < -0.4 is 0 Å². The van der Waals surface area contributed by atoms with Gasteiger partial charge in [-0.15, -0.1) is 0 Å². The Morgan fingerprint density at radius 1 is 0.733 bits per heavy atom. The van der Waals surface area contributed by atoms with E-state index in [1.165, 1.54) is 6.92 Å². The fourth-order valence-corrected chi connectivity index (χ4v) is 7.43. The Morgan fingerprint density at radius 2 is 1.44 bits per heavy atom. The average molecular weight is 653 g/mol. The zero-order valence-electron chi connectivity index (χ0n) is 25.3. The SMILES string of the molecule is CC(=O)O[C@@H]1[C@@H](O)[C@@H](O)[C@H](OC[C@H]2O[C@@H](OC3CC4C(O)CC(O)CC4OC3C3CCC(O)C(O)C3)[C@H](O)[C@@H](O)[C@@H]2O)O[C@H]1C. The van der Waals surface area contributed by atoms with Crippen LogP contribution in [0.1, 0.15) is 52.4 Å². The molecule has 9 unspecified atom stereocenters. The number of rotatable bonds is 7. The van der Waals surface area contributed by atoms with E-state index in [4.69, 9.17) is 28.4 Å². The van der Waals surface area contributed by atoms with E-state index in [0.717, 1.165) is 6.92 Å². The van der Waals surface area contributed by atoms with E-state index in [1.807, 2.05) is 0 Å². The van der Waals surface area contributed by atoms with Crippen molar-refractivity contribution in [2.45, 2.75) is 157 Å². The van der Waals surface area contributed by atoms with Crippen LogP contribution in [0, 0.1) is 11.8 Å². The molecule has 0 aromatic heterocycles. The van der Waals surface area contributed by atoms with Crippen molar-refractivity contribution in [1.82, 2.24) is 0 Å². The maximum Gasteiger partial charge on any atom is 0.303 e. The molecule has 3 saturated heterocycles. The van der Waals surface area contributed by atoms with E-state index in [9.17, 15) is 50.8 Å². The first-order valence-corrected chi connectivity index (χ1v) is 15.8. The van der Waals surface area contributed by atoms with Gasteiger partial charge in [0, 0.05) is 12.8 Å². The number of carbonyl (C=O) groups excluding carboxylic acids is 1. The van der Waals surface area contributed by atoms with Crippen LogP contribution in [0.15, 0.2) is 0 Å². The lowest BCUT2D eigenvalue weighted by molar-refractivity contribution is -0.346. The van der Waals surface area contributed by atoms with Crippen LogP contribution in [0.2, 0.25) is 0 Å². The van der Waals surface area contributed by atoms with Gasteiger partial charge in [-0.1, -0.05) is 0 Å². The minimum absolute atomic E-state index is 0.160. The molecule has 0 radical (unpaired) electrons. The molecular weight excluding hydrogens is 604 g/mol. The molecule has 3 aliphatic heterocycles. The molecule has 0 aromatic rings. The Kier molecular flexibility index (Phi) is 11.4. The molecule has 5 aliphatic rings. The van der Waals surface area contributed by atoms with Crippen LogP contribution in [0.4, 0.5) is 0 Å². The molecule has 0 aromatic carbocycles. The first-order chi connectivity index (χ1) is 21.2. The summed E-state index contributed by atoms with van der Waals surface area (Å²) in [6, 6.07) is 0. The summed E-state index contributed by atoms with van der Waals surface area (Å²) in [5.74, 6) is -1.35. The van der Waals surface area contributed by atoms with E-state index < -0.39 is 123 Å². The van der Waals surface area contributed by atoms with E-state index in [0.29, 0.717) is 19.3 Å². The Hall–Kier alpha value is -1.09. The van der Waals surface area contributed by atoms with Gasteiger partial charge in [-0.2, -0.15) is 0 Å². The van der Waals surface area contributed by atoms with Gasteiger partial charge in [0.1, 0.15) is 36.6 Å². The Labute approximate surface area is 260 Å². The molecule has 2 aliphatic carbocycles. The van der Waals surface area contributed by atoms with Gasteiger partial charge < -0.3 is 74.4 Å². The van der Waals surface area contributed by atoms with Gasteiger partial charge in [0.2, 0.25) is 0 Å². The fraction of sp³-hybridized carbons (Fsp3) is 0.966. The van der Waals surface area contributed by atoms with Crippen LogP contribution in [0.5, 0.6) is 0 Å². The third-order valence-electron chi connectivity index (χ3n) is 9.96. The first-order valence-electron chi connectivity index (χ1n) is 15.8. The predicted octanol–water partition coefficient (Wildman–Crippen LogP) is -3.59. The number of esters is 1. The second-order valence-electron chi connectivity index (χ2n) is 13.2. The molecule has 5 fully saturated rings. The van der Waals surface area contributed by atoms with Gasteiger partial charge in [0.15, 0.2) is 18.7 Å². The average Bonchev–Trinajstić information content (AvgIpc) is 2.98. The smallest absolute Gasteiger partial charge is 0.303 e. The highest BCUT2D eigenvalue weighted by Crippen LogP contribution is 2.43. The molecular formula is C29H48O16.